The minimum atomic E-state index is -0.457. The second-order valence-corrected chi connectivity index (χ2v) is 4.63. The van der Waals surface area contributed by atoms with Crippen LogP contribution >= 0.6 is 0 Å². The van der Waals surface area contributed by atoms with Crippen LogP contribution in [0.3, 0.4) is 0 Å². The number of ketones is 1. The largest absolute Gasteiger partial charge is 0.288 e. The summed E-state index contributed by atoms with van der Waals surface area (Å²) < 4.78 is 13.8. The molecule has 0 saturated heterocycles. The third kappa shape index (κ3) is 2.33. The molecule has 1 nitrogen and oxygen atoms in total. The van der Waals surface area contributed by atoms with Gasteiger partial charge in [-0.2, -0.15) is 0 Å². The van der Waals surface area contributed by atoms with Crippen LogP contribution in [-0.4, -0.2) is 5.78 Å². The van der Waals surface area contributed by atoms with E-state index in [1.54, 1.807) is 25.1 Å². The number of aryl methyl sites for hydroxylation is 3. The molecule has 0 unspecified atom stereocenters. The molecule has 2 heteroatoms. The second-order valence-electron chi connectivity index (χ2n) is 4.63. The summed E-state index contributed by atoms with van der Waals surface area (Å²) in [6.45, 7) is 5.58. The van der Waals surface area contributed by atoms with Gasteiger partial charge in [-0.1, -0.05) is 23.8 Å². The monoisotopic (exact) mass is 242 g/mol. The molecule has 0 atom stereocenters. The van der Waals surface area contributed by atoms with Gasteiger partial charge in [0.15, 0.2) is 5.78 Å². The minimum Gasteiger partial charge on any atom is -0.288 e. The Bertz CT molecular complexity index is 614. The van der Waals surface area contributed by atoms with E-state index in [2.05, 4.69) is 0 Å². The summed E-state index contributed by atoms with van der Waals surface area (Å²) in [5.41, 5.74) is 3.37. The van der Waals surface area contributed by atoms with E-state index in [-0.39, 0.29) is 11.3 Å². The third-order valence-corrected chi connectivity index (χ3v) is 3.01. The van der Waals surface area contributed by atoms with Gasteiger partial charge < -0.3 is 0 Å². The third-order valence-electron chi connectivity index (χ3n) is 3.01. The summed E-state index contributed by atoms with van der Waals surface area (Å²) in [6.07, 6.45) is 0. The summed E-state index contributed by atoms with van der Waals surface area (Å²) in [7, 11) is 0. The van der Waals surface area contributed by atoms with Crippen LogP contribution in [-0.2, 0) is 0 Å². The fourth-order valence-electron chi connectivity index (χ4n) is 1.93. The number of hydrogen-bond acceptors (Lipinski definition) is 1. The lowest BCUT2D eigenvalue weighted by atomic mass is 9.96. The van der Waals surface area contributed by atoms with Crippen LogP contribution in [0.25, 0.3) is 0 Å². The van der Waals surface area contributed by atoms with Crippen molar-refractivity contribution in [1.29, 1.82) is 0 Å². The first-order chi connectivity index (χ1) is 8.49. The van der Waals surface area contributed by atoms with E-state index in [1.165, 1.54) is 6.07 Å². The lowest BCUT2D eigenvalue weighted by Crippen LogP contribution is -2.06. The van der Waals surface area contributed by atoms with Gasteiger partial charge in [0.2, 0.25) is 0 Å². The van der Waals surface area contributed by atoms with Gasteiger partial charge in [-0.25, -0.2) is 4.39 Å². The van der Waals surface area contributed by atoms with E-state index < -0.39 is 5.82 Å². The van der Waals surface area contributed by atoms with E-state index in [1.807, 2.05) is 26.0 Å². The molecule has 0 saturated carbocycles. The summed E-state index contributed by atoms with van der Waals surface area (Å²) >= 11 is 0. The van der Waals surface area contributed by atoms with Crippen molar-refractivity contribution >= 4 is 5.78 Å². The van der Waals surface area contributed by atoms with Gasteiger partial charge in [-0.05, 0) is 50.1 Å². The quantitative estimate of drug-likeness (QED) is 0.728. The number of rotatable bonds is 2. The first-order valence-electron chi connectivity index (χ1n) is 5.87. The van der Waals surface area contributed by atoms with E-state index in [4.69, 9.17) is 0 Å². The number of carbonyl (C=O) groups is 1. The first kappa shape index (κ1) is 12.5. The topological polar surface area (TPSA) is 17.1 Å². The Morgan fingerprint density at radius 1 is 0.889 bits per heavy atom. The van der Waals surface area contributed by atoms with Gasteiger partial charge in [0.05, 0.1) is 5.56 Å². The van der Waals surface area contributed by atoms with Crippen LogP contribution in [0.1, 0.15) is 32.6 Å². The number of benzene rings is 2. The van der Waals surface area contributed by atoms with Crippen molar-refractivity contribution in [1.82, 2.24) is 0 Å². The van der Waals surface area contributed by atoms with Crippen molar-refractivity contribution < 1.29 is 9.18 Å². The van der Waals surface area contributed by atoms with Crippen molar-refractivity contribution in [2.45, 2.75) is 20.8 Å². The van der Waals surface area contributed by atoms with Gasteiger partial charge in [0.25, 0.3) is 0 Å². The molecule has 0 aromatic heterocycles. The Morgan fingerprint density at radius 2 is 1.50 bits per heavy atom. The highest BCUT2D eigenvalue weighted by Crippen LogP contribution is 2.18. The van der Waals surface area contributed by atoms with Crippen LogP contribution in [0, 0.1) is 26.6 Å². The van der Waals surface area contributed by atoms with E-state index in [0.717, 1.165) is 16.7 Å². The maximum absolute atomic E-state index is 13.8. The maximum Gasteiger partial charge on any atom is 0.196 e. The Labute approximate surface area is 106 Å². The molecular weight excluding hydrogens is 227 g/mol. The number of hydrogen-bond donors (Lipinski definition) is 0. The zero-order valence-electron chi connectivity index (χ0n) is 10.8. The van der Waals surface area contributed by atoms with E-state index in [9.17, 15) is 9.18 Å². The average Bonchev–Trinajstić information content (AvgIpc) is 2.31. The summed E-state index contributed by atoms with van der Waals surface area (Å²) in [5, 5.41) is 0. The Hall–Kier alpha value is -1.96. The molecule has 0 aliphatic heterocycles. The Kier molecular flexibility index (Phi) is 3.28. The molecule has 0 heterocycles. The molecular formula is C16H15FO. The fraction of sp³-hybridized carbons (Fsp3) is 0.188. The summed E-state index contributed by atoms with van der Waals surface area (Å²) in [4.78, 5) is 12.3. The summed E-state index contributed by atoms with van der Waals surface area (Å²) in [5.74, 6) is -0.713. The minimum absolute atomic E-state index is 0.134. The Balaban J connectivity index is 2.51. The predicted molar refractivity (Wildman–Crippen MR) is 70.5 cm³/mol. The van der Waals surface area contributed by atoms with Crippen molar-refractivity contribution in [2.24, 2.45) is 0 Å². The van der Waals surface area contributed by atoms with Gasteiger partial charge in [0, 0.05) is 5.56 Å². The average molecular weight is 242 g/mol. The SMILES string of the molecule is Cc1ccc(C(=O)c2cc(C)ccc2C)c(F)c1. The Morgan fingerprint density at radius 3 is 2.17 bits per heavy atom. The molecule has 0 radical (unpaired) electrons. The molecule has 0 aliphatic rings. The predicted octanol–water partition coefficient (Wildman–Crippen LogP) is 3.98. The standard InChI is InChI=1S/C16H15FO/c1-10-4-6-12(3)14(8-10)16(18)13-7-5-11(2)9-15(13)17/h4-9H,1-3H3. The highest BCUT2D eigenvalue weighted by atomic mass is 19.1. The van der Waals surface area contributed by atoms with Crippen LogP contribution in [0.4, 0.5) is 4.39 Å². The number of carbonyl (C=O) groups excluding carboxylic acids is 1. The van der Waals surface area contributed by atoms with Gasteiger partial charge in [-0.15, -0.1) is 0 Å². The molecule has 92 valence electrons. The zero-order chi connectivity index (χ0) is 13.3. The fourth-order valence-corrected chi connectivity index (χ4v) is 1.93. The lowest BCUT2D eigenvalue weighted by molar-refractivity contribution is 0.103. The first-order valence-corrected chi connectivity index (χ1v) is 5.87. The maximum atomic E-state index is 13.8. The van der Waals surface area contributed by atoms with Crippen molar-refractivity contribution in [3.8, 4) is 0 Å². The van der Waals surface area contributed by atoms with E-state index in [0.29, 0.717) is 5.56 Å². The highest BCUT2D eigenvalue weighted by Gasteiger charge is 2.15. The normalized spacial score (nSPS) is 10.4. The van der Waals surface area contributed by atoms with Crippen LogP contribution in [0.15, 0.2) is 36.4 Å². The molecule has 2 aromatic carbocycles. The van der Waals surface area contributed by atoms with Gasteiger partial charge >= 0.3 is 0 Å². The van der Waals surface area contributed by atoms with Crippen LogP contribution in [0.5, 0.6) is 0 Å². The van der Waals surface area contributed by atoms with Gasteiger partial charge in [0.1, 0.15) is 5.82 Å². The molecule has 0 amide bonds. The van der Waals surface area contributed by atoms with Crippen molar-refractivity contribution in [3.05, 3.63) is 70.0 Å². The van der Waals surface area contributed by atoms with Crippen molar-refractivity contribution in [2.75, 3.05) is 0 Å². The number of halogens is 1. The molecule has 2 aromatic rings. The molecule has 0 fully saturated rings. The molecule has 2 rings (SSSR count). The molecule has 0 aliphatic carbocycles. The molecule has 0 N–H and O–H groups in total. The van der Waals surface area contributed by atoms with E-state index >= 15 is 0 Å². The summed E-state index contributed by atoms with van der Waals surface area (Å²) in [6, 6.07) is 10.3. The van der Waals surface area contributed by atoms with Crippen LogP contribution in [0.2, 0.25) is 0 Å². The van der Waals surface area contributed by atoms with Gasteiger partial charge in [-0.3, -0.25) is 4.79 Å². The van der Waals surface area contributed by atoms with Crippen LogP contribution < -0.4 is 0 Å². The molecule has 0 spiro atoms. The molecule has 0 bridgehead atoms. The van der Waals surface area contributed by atoms with Crippen molar-refractivity contribution in [3.63, 3.8) is 0 Å². The lowest BCUT2D eigenvalue weighted by Gasteiger charge is -2.07. The zero-order valence-corrected chi connectivity index (χ0v) is 10.8. The smallest absolute Gasteiger partial charge is 0.196 e. The highest BCUT2D eigenvalue weighted by molar-refractivity contribution is 6.10. The molecule has 18 heavy (non-hydrogen) atoms. The second kappa shape index (κ2) is 4.73.